The lowest BCUT2D eigenvalue weighted by Crippen LogP contribution is -2.31. The Morgan fingerprint density at radius 2 is 1.57 bits per heavy atom. The van der Waals surface area contributed by atoms with Gasteiger partial charge in [-0.3, -0.25) is 9.59 Å². The van der Waals surface area contributed by atoms with Gasteiger partial charge in [-0.05, 0) is 40.0 Å². The van der Waals surface area contributed by atoms with Gasteiger partial charge in [-0.15, -0.1) is 0 Å². The molecule has 1 fully saturated rings. The minimum Gasteiger partial charge on any atom is -0.460 e. The summed E-state index contributed by atoms with van der Waals surface area (Å²) in [4.78, 5) is 34.6. The monoisotopic (exact) mass is 350 g/mol. The summed E-state index contributed by atoms with van der Waals surface area (Å²) >= 11 is 5.27. The Balaban J connectivity index is 2.35. The molecule has 1 aliphatic carbocycles. The number of carbonyl (C=O) groups is 3. The molecular weight excluding hydrogens is 328 g/mol. The number of halogens is 1. The molecule has 0 aromatic carbocycles. The zero-order chi connectivity index (χ0) is 17.5. The normalized spacial score (nSPS) is 20.7. The lowest BCUT2D eigenvalue weighted by Gasteiger charge is -2.21. The Morgan fingerprint density at radius 1 is 1.00 bits per heavy atom. The first-order valence-electron chi connectivity index (χ1n) is 7.52. The van der Waals surface area contributed by atoms with Crippen molar-refractivity contribution < 1.29 is 33.3 Å². The van der Waals surface area contributed by atoms with Crippen LogP contribution in [-0.4, -0.2) is 42.0 Å². The summed E-state index contributed by atoms with van der Waals surface area (Å²) in [6.45, 7) is 5.26. The molecule has 23 heavy (non-hydrogen) atoms. The first-order chi connectivity index (χ1) is 10.7. The van der Waals surface area contributed by atoms with Gasteiger partial charge in [-0.1, -0.05) is 11.6 Å². The van der Waals surface area contributed by atoms with E-state index >= 15 is 0 Å². The Bertz CT molecular complexity index is 430. The molecule has 0 unspecified atom stereocenters. The number of hydrogen-bond acceptors (Lipinski definition) is 7. The van der Waals surface area contributed by atoms with E-state index in [1.807, 2.05) is 0 Å². The van der Waals surface area contributed by atoms with Gasteiger partial charge in [-0.2, -0.15) is 0 Å². The maximum atomic E-state index is 11.8. The molecule has 132 valence electrons. The van der Waals surface area contributed by atoms with Gasteiger partial charge >= 0.3 is 18.1 Å². The van der Waals surface area contributed by atoms with E-state index in [1.54, 1.807) is 20.8 Å². The standard InChI is InChI=1S/C15H23ClO7/c1-15(2,3)23-13(18)8-7-12(17)21-10-5-4-6-11(10)22-14(19)20-9-16/h10-11H,4-9H2,1-3H3/t10-,11-/m1/s1. The van der Waals surface area contributed by atoms with Crippen molar-refractivity contribution in [2.24, 2.45) is 0 Å². The first-order valence-corrected chi connectivity index (χ1v) is 8.05. The third-order valence-electron chi connectivity index (χ3n) is 3.05. The molecule has 7 nitrogen and oxygen atoms in total. The van der Waals surface area contributed by atoms with Crippen molar-refractivity contribution in [1.29, 1.82) is 0 Å². The van der Waals surface area contributed by atoms with Crippen LogP contribution in [0.1, 0.15) is 52.9 Å². The van der Waals surface area contributed by atoms with Crippen molar-refractivity contribution in [3.8, 4) is 0 Å². The Labute approximate surface area is 140 Å². The molecule has 1 rings (SSSR count). The van der Waals surface area contributed by atoms with E-state index in [9.17, 15) is 14.4 Å². The highest BCUT2D eigenvalue weighted by Gasteiger charge is 2.34. The minimum atomic E-state index is -0.887. The molecule has 0 N–H and O–H groups in total. The smallest absolute Gasteiger partial charge is 0.460 e. The van der Waals surface area contributed by atoms with Crippen LogP contribution in [0.15, 0.2) is 0 Å². The molecule has 0 heterocycles. The third-order valence-corrected chi connectivity index (χ3v) is 3.16. The number of alkyl halides is 1. The van der Waals surface area contributed by atoms with E-state index in [-0.39, 0.29) is 18.9 Å². The fraction of sp³-hybridized carbons (Fsp3) is 0.800. The van der Waals surface area contributed by atoms with Crippen LogP contribution in [-0.2, 0) is 28.5 Å². The predicted molar refractivity (Wildman–Crippen MR) is 80.9 cm³/mol. The van der Waals surface area contributed by atoms with Crippen molar-refractivity contribution in [2.45, 2.75) is 70.7 Å². The molecule has 0 amide bonds. The largest absolute Gasteiger partial charge is 0.509 e. The van der Waals surface area contributed by atoms with Crippen LogP contribution in [0.25, 0.3) is 0 Å². The van der Waals surface area contributed by atoms with Crippen LogP contribution in [0.2, 0.25) is 0 Å². The maximum Gasteiger partial charge on any atom is 0.509 e. The van der Waals surface area contributed by atoms with E-state index < -0.39 is 35.9 Å². The lowest BCUT2D eigenvalue weighted by molar-refractivity contribution is -0.161. The van der Waals surface area contributed by atoms with Crippen molar-refractivity contribution in [3.05, 3.63) is 0 Å². The second kappa shape index (κ2) is 8.96. The topological polar surface area (TPSA) is 88.1 Å². The van der Waals surface area contributed by atoms with Crippen molar-refractivity contribution in [1.82, 2.24) is 0 Å². The summed E-state index contributed by atoms with van der Waals surface area (Å²) in [5, 5.41) is 0. The highest BCUT2D eigenvalue weighted by atomic mass is 35.5. The van der Waals surface area contributed by atoms with Crippen LogP contribution in [0.4, 0.5) is 4.79 Å². The molecule has 0 aliphatic heterocycles. The molecule has 0 spiro atoms. The van der Waals surface area contributed by atoms with E-state index in [4.69, 9.17) is 25.8 Å². The summed E-state index contributed by atoms with van der Waals surface area (Å²) in [5.41, 5.74) is -0.589. The second-order valence-corrected chi connectivity index (χ2v) is 6.42. The molecule has 1 aliphatic rings. The summed E-state index contributed by atoms with van der Waals surface area (Å²) < 4.78 is 19.9. The molecule has 0 bridgehead atoms. The number of carbonyl (C=O) groups excluding carboxylic acids is 3. The van der Waals surface area contributed by atoms with Gasteiger partial charge in [0.1, 0.15) is 17.8 Å². The summed E-state index contributed by atoms with van der Waals surface area (Å²) in [7, 11) is 0. The third kappa shape index (κ3) is 8.06. The SMILES string of the molecule is CC(C)(C)OC(=O)CCC(=O)O[C@@H]1CCC[C@H]1OC(=O)OCCl. The zero-order valence-corrected chi connectivity index (χ0v) is 14.4. The van der Waals surface area contributed by atoms with Gasteiger partial charge in [0.15, 0.2) is 6.07 Å². The molecule has 2 atom stereocenters. The average molecular weight is 351 g/mol. The van der Waals surface area contributed by atoms with Crippen LogP contribution >= 0.6 is 11.6 Å². The highest BCUT2D eigenvalue weighted by Crippen LogP contribution is 2.26. The van der Waals surface area contributed by atoms with Crippen molar-refractivity contribution in [2.75, 3.05) is 6.07 Å². The van der Waals surface area contributed by atoms with Gasteiger partial charge in [0.05, 0.1) is 12.8 Å². The fourth-order valence-corrected chi connectivity index (χ4v) is 2.28. The predicted octanol–water partition coefficient (Wildman–Crippen LogP) is 2.92. The highest BCUT2D eigenvalue weighted by molar-refractivity contribution is 6.17. The lowest BCUT2D eigenvalue weighted by atomic mass is 10.2. The van der Waals surface area contributed by atoms with E-state index in [2.05, 4.69) is 4.74 Å². The molecule has 0 aromatic rings. The van der Waals surface area contributed by atoms with Gasteiger partial charge in [0, 0.05) is 0 Å². The number of rotatable bonds is 6. The van der Waals surface area contributed by atoms with Crippen LogP contribution in [0.5, 0.6) is 0 Å². The molecule has 0 radical (unpaired) electrons. The van der Waals surface area contributed by atoms with Crippen LogP contribution in [0.3, 0.4) is 0 Å². The van der Waals surface area contributed by atoms with Crippen LogP contribution in [0, 0.1) is 0 Å². The van der Waals surface area contributed by atoms with Gasteiger partial charge in [-0.25, -0.2) is 4.79 Å². The summed E-state index contributed by atoms with van der Waals surface area (Å²) in [6, 6.07) is -0.300. The van der Waals surface area contributed by atoms with E-state index in [1.165, 1.54) is 0 Å². The summed E-state index contributed by atoms with van der Waals surface area (Å²) in [6.07, 6.45) is -0.143. The fourth-order valence-electron chi connectivity index (χ4n) is 2.19. The van der Waals surface area contributed by atoms with Crippen molar-refractivity contribution in [3.63, 3.8) is 0 Å². The van der Waals surface area contributed by atoms with Crippen LogP contribution < -0.4 is 0 Å². The molecule has 8 heteroatoms. The Hall–Kier alpha value is -1.50. The quantitative estimate of drug-likeness (QED) is 0.413. The number of ether oxygens (including phenoxy) is 4. The van der Waals surface area contributed by atoms with Gasteiger partial charge in [0.2, 0.25) is 0 Å². The Morgan fingerprint density at radius 3 is 2.13 bits per heavy atom. The minimum absolute atomic E-state index is 0.0529. The van der Waals surface area contributed by atoms with Gasteiger partial charge < -0.3 is 18.9 Å². The molecular formula is C15H23ClO7. The van der Waals surface area contributed by atoms with Crippen molar-refractivity contribution >= 4 is 29.7 Å². The second-order valence-electron chi connectivity index (χ2n) is 6.21. The maximum absolute atomic E-state index is 11.8. The molecule has 0 saturated heterocycles. The van der Waals surface area contributed by atoms with E-state index in [0.29, 0.717) is 12.8 Å². The summed E-state index contributed by atoms with van der Waals surface area (Å²) in [5.74, 6) is -0.985. The Kier molecular flexibility index (Phi) is 7.61. The van der Waals surface area contributed by atoms with Gasteiger partial charge in [0.25, 0.3) is 0 Å². The zero-order valence-electron chi connectivity index (χ0n) is 13.6. The first kappa shape index (κ1) is 19.5. The molecule has 1 saturated carbocycles. The van der Waals surface area contributed by atoms with E-state index in [0.717, 1.165) is 6.42 Å². The number of hydrogen-bond donors (Lipinski definition) is 0. The molecule has 0 aromatic heterocycles. The number of esters is 2. The average Bonchev–Trinajstić information content (AvgIpc) is 2.82.